The Morgan fingerprint density at radius 3 is 2.60 bits per heavy atom. The molecule has 0 aliphatic heterocycles. The van der Waals surface area contributed by atoms with Gasteiger partial charge in [-0.2, -0.15) is 11.8 Å². The Morgan fingerprint density at radius 2 is 2.00 bits per heavy atom. The van der Waals surface area contributed by atoms with Crippen molar-refractivity contribution in [3.63, 3.8) is 0 Å². The number of likely N-dealkylation sites (N-methyl/N-ethyl adjacent to an activating group) is 1. The van der Waals surface area contributed by atoms with Crippen molar-refractivity contribution >= 4 is 17.7 Å². The fraction of sp³-hybridized carbons (Fsp3) is 0.562. The summed E-state index contributed by atoms with van der Waals surface area (Å²) in [6.07, 6.45) is 2.95. The summed E-state index contributed by atoms with van der Waals surface area (Å²) in [5.74, 6) is 1.99. The smallest absolute Gasteiger partial charge is 0.325 e. The number of nitrogens with one attached hydrogen (secondary N) is 1. The van der Waals surface area contributed by atoms with Crippen molar-refractivity contribution in [3.8, 4) is 0 Å². The van der Waals surface area contributed by atoms with Gasteiger partial charge in [-0.05, 0) is 38.1 Å². The molecule has 0 saturated carbocycles. The van der Waals surface area contributed by atoms with Crippen molar-refractivity contribution in [1.82, 2.24) is 5.32 Å². The molecular formula is C16H25NO2S. The lowest BCUT2D eigenvalue weighted by Crippen LogP contribution is -2.48. The van der Waals surface area contributed by atoms with Crippen LogP contribution < -0.4 is 5.32 Å². The first-order chi connectivity index (χ1) is 9.62. The summed E-state index contributed by atoms with van der Waals surface area (Å²) in [7, 11) is 3.24. The van der Waals surface area contributed by atoms with Crippen molar-refractivity contribution in [2.45, 2.75) is 37.5 Å². The van der Waals surface area contributed by atoms with Crippen molar-refractivity contribution in [1.29, 1.82) is 0 Å². The van der Waals surface area contributed by atoms with Crippen LogP contribution in [0, 0.1) is 0 Å². The SMILES string of the molecule is CNC(C)(CCCCSCc1ccccc1)C(=O)OC. The third kappa shape index (κ3) is 5.55. The van der Waals surface area contributed by atoms with E-state index in [4.69, 9.17) is 4.74 Å². The Balaban J connectivity index is 2.17. The zero-order chi connectivity index (χ0) is 14.8. The van der Waals surface area contributed by atoms with Gasteiger partial charge < -0.3 is 10.1 Å². The number of hydrogen-bond acceptors (Lipinski definition) is 4. The Bertz CT molecular complexity index is 397. The molecule has 1 atom stereocenters. The molecule has 0 radical (unpaired) electrons. The first-order valence-electron chi connectivity index (χ1n) is 7.01. The number of hydrogen-bond donors (Lipinski definition) is 1. The highest BCUT2D eigenvalue weighted by Crippen LogP contribution is 2.18. The standard InChI is InChI=1S/C16H25NO2S/c1-16(17-2,15(18)19-3)11-7-8-12-20-13-14-9-5-4-6-10-14/h4-6,9-10,17H,7-8,11-13H2,1-3H3. The first-order valence-corrected chi connectivity index (χ1v) is 8.17. The van der Waals surface area contributed by atoms with Gasteiger partial charge in [0.05, 0.1) is 7.11 Å². The summed E-state index contributed by atoms with van der Waals surface area (Å²) in [6.45, 7) is 1.90. The van der Waals surface area contributed by atoms with Crippen molar-refractivity contribution in [2.75, 3.05) is 19.9 Å². The topological polar surface area (TPSA) is 38.3 Å². The molecule has 0 saturated heterocycles. The van der Waals surface area contributed by atoms with Gasteiger partial charge in [-0.1, -0.05) is 36.8 Å². The number of rotatable bonds is 9. The van der Waals surface area contributed by atoms with E-state index in [9.17, 15) is 4.79 Å². The molecule has 0 bridgehead atoms. The van der Waals surface area contributed by atoms with Crippen LogP contribution in [-0.2, 0) is 15.3 Å². The van der Waals surface area contributed by atoms with E-state index in [0.717, 1.165) is 30.8 Å². The molecule has 1 rings (SSSR count). The quantitative estimate of drug-likeness (QED) is 0.561. The van der Waals surface area contributed by atoms with Crippen LogP contribution in [0.3, 0.4) is 0 Å². The van der Waals surface area contributed by atoms with E-state index in [-0.39, 0.29) is 5.97 Å². The van der Waals surface area contributed by atoms with E-state index in [1.165, 1.54) is 12.7 Å². The predicted octanol–water partition coefficient (Wildman–Crippen LogP) is 3.24. The Kier molecular flexibility index (Phi) is 7.70. The lowest BCUT2D eigenvalue weighted by atomic mass is 9.95. The molecule has 1 aromatic rings. The van der Waals surface area contributed by atoms with E-state index >= 15 is 0 Å². The Morgan fingerprint density at radius 1 is 1.30 bits per heavy atom. The molecule has 0 amide bonds. The minimum atomic E-state index is -0.557. The number of ether oxygens (including phenoxy) is 1. The zero-order valence-corrected chi connectivity index (χ0v) is 13.5. The summed E-state index contributed by atoms with van der Waals surface area (Å²) in [5, 5.41) is 3.06. The lowest BCUT2D eigenvalue weighted by molar-refractivity contribution is -0.148. The van der Waals surface area contributed by atoms with Crippen molar-refractivity contribution < 1.29 is 9.53 Å². The van der Waals surface area contributed by atoms with Gasteiger partial charge in [0.25, 0.3) is 0 Å². The van der Waals surface area contributed by atoms with Crippen LogP contribution in [0.5, 0.6) is 0 Å². The van der Waals surface area contributed by atoms with Gasteiger partial charge >= 0.3 is 5.97 Å². The highest BCUT2D eigenvalue weighted by Gasteiger charge is 2.31. The highest BCUT2D eigenvalue weighted by atomic mass is 32.2. The number of methoxy groups -OCH3 is 1. The van der Waals surface area contributed by atoms with Crippen molar-refractivity contribution in [3.05, 3.63) is 35.9 Å². The lowest BCUT2D eigenvalue weighted by Gasteiger charge is -2.25. The molecule has 0 aromatic heterocycles. The molecule has 1 N–H and O–H groups in total. The molecule has 0 fully saturated rings. The van der Waals surface area contributed by atoms with Crippen LogP contribution in [0.25, 0.3) is 0 Å². The average Bonchev–Trinajstić information content (AvgIpc) is 2.50. The van der Waals surface area contributed by atoms with Crippen LogP contribution in [0.1, 0.15) is 31.7 Å². The number of thioether (sulfide) groups is 1. The maximum atomic E-state index is 11.7. The largest absolute Gasteiger partial charge is 0.468 e. The molecule has 0 aliphatic rings. The molecular weight excluding hydrogens is 270 g/mol. The Hall–Kier alpha value is -1.00. The number of unbranched alkanes of at least 4 members (excludes halogenated alkanes) is 1. The van der Waals surface area contributed by atoms with Crippen LogP contribution in [0.2, 0.25) is 0 Å². The predicted molar refractivity (Wildman–Crippen MR) is 85.9 cm³/mol. The van der Waals surface area contributed by atoms with Gasteiger partial charge in [0.2, 0.25) is 0 Å². The molecule has 3 nitrogen and oxygen atoms in total. The van der Waals surface area contributed by atoms with E-state index in [0.29, 0.717) is 0 Å². The molecule has 20 heavy (non-hydrogen) atoms. The maximum absolute atomic E-state index is 11.7. The summed E-state index contributed by atoms with van der Waals surface area (Å²) >= 11 is 1.94. The fourth-order valence-electron chi connectivity index (χ4n) is 2.00. The minimum absolute atomic E-state index is 0.183. The van der Waals surface area contributed by atoms with E-state index in [2.05, 4.69) is 29.6 Å². The number of benzene rings is 1. The molecule has 0 spiro atoms. The summed E-state index contributed by atoms with van der Waals surface area (Å²) in [6, 6.07) is 10.5. The maximum Gasteiger partial charge on any atom is 0.325 e. The third-order valence-corrected chi connectivity index (χ3v) is 4.63. The second-order valence-corrected chi connectivity index (χ2v) is 6.17. The zero-order valence-electron chi connectivity index (χ0n) is 12.6. The molecule has 1 aromatic carbocycles. The van der Waals surface area contributed by atoms with Crippen LogP contribution in [0.4, 0.5) is 0 Å². The fourth-order valence-corrected chi connectivity index (χ4v) is 2.98. The summed E-state index contributed by atoms with van der Waals surface area (Å²) < 4.78 is 4.84. The molecule has 0 heterocycles. The average molecular weight is 295 g/mol. The van der Waals surface area contributed by atoms with Gasteiger partial charge in [0.15, 0.2) is 0 Å². The number of carbonyl (C=O) groups is 1. The monoisotopic (exact) mass is 295 g/mol. The van der Waals surface area contributed by atoms with Gasteiger partial charge in [-0.3, -0.25) is 4.79 Å². The van der Waals surface area contributed by atoms with Gasteiger partial charge in [0.1, 0.15) is 5.54 Å². The Labute approximate surface area is 126 Å². The molecule has 112 valence electrons. The van der Waals surface area contributed by atoms with Crippen LogP contribution >= 0.6 is 11.8 Å². The van der Waals surface area contributed by atoms with E-state index in [1.807, 2.05) is 24.8 Å². The van der Waals surface area contributed by atoms with Gasteiger partial charge in [0, 0.05) is 5.75 Å². The van der Waals surface area contributed by atoms with E-state index in [1.54, 1.807) is 7.05 Å². The van der Waals surface area contributed by atoms with Gasteiger partial charge in [-0.15, -0.1) is 0 Å². The molecule has 0 aliphatic carbocycles. The van der Waals surface area contributed by atoms with E-state index < -0.39 is 5.54 Å². The summed E-state index contributed by atoms with van der Waals surface area (Å²) in [4.78, 5) is 11.7. The third-order valence-electron chi connectivity index (χ3n) is 3.51. The normalized spacial score (nSPS) is 13.8. The molecule has 1 unspecified atom stereocenters. The molecule has 4 heteroatoms. The summed E-state index contributed by atoms with van der Waals surface area (Å²) in [5.41, 5.74) is 0.811. The van der Waals surface area contributed by atoms with Gasteiger partial charge in [-0.25, -0.2) is 0 Å². The number of esters is 1. The van der Waals surface area contributed by atoms with Crippen LogP contribution in [-0.4, -0.2) is 31.4 Å². The second kappa shape index (κ2) is 9.03. The van der Waals surface area contributed by atoms with Crippen molar-refractivity contribution in [2.24, 2.45) is 0 Å². The first kappa shape index (κ1) is 17.1. The minimum Gasteiger partial charge on any atom is -0.468 e. The highest BCUT2D eigenvalue weighted by molar-refractivity contribution is 7.98. The number of carbonyl (C=O) groups excluding carboxylic acids is 1. The van der Waals surface area contributed by atoms with Crippen LogP contribution in [0.15, 0.2) is 30.3 Å². The second-order valence-electron chi connectivity index (χ2n) is 5.07.